The molecule has 10 heteroatoms. The lowest BCUT2D eigenvalue weighted by Crippen LogP contribution is -2.27. The maximum atomic E-state index is 12.7. The molecule has 0 bridgehead atoms. The van der Waals surface area contributed by atoms with Crippen LogP contribution >= 0.6 is 23.5 Å². The molecule has 8 nitrogen and oxygen atoms in total. The second kappa shape index (κ2) is 9.26. The van der Waals surface area contributed by atoms with Crippen LogP contribution in [-0.2, 0) is 22.5 Å². The molecule has 1 aliphatic rings. The Bertz CT molecular complexity index is 944. The summed E-state index contributed by atoms with van der Waals surface area (Å²) in [5.41, 5.74) is 6.86. The number of nitrogens with two attached hydrogens (primary N) is 1. The van der Waals surface area contributed by atoms with Crippen molar-refractivity contribution in [3.63, 3.8) is 0 Å². The number of ether oxygens (including phenoxy) is 1. The third-order valence-corrected chi connectivity index (χ3v) is 6.14. The van der Waals surface area contributed by atoms with Crippen LogP contribution in [0, 0.1) is 0 Å². The van der Waals surface area contributed by atoms with Gasteiger partial charge in [0.25, 0.3) is 5.56 Å². The molecule has 2 amide bonds. The van der Waals surface area contributed by atoms with Crippen LogP contribution in [0.15, 0.2) is 39.1 Å². The van der Waals surface area contributed by atoms with Crippen molar-refractivity contribution in [2.75, 3.05) is 30.5 Å². The minimum Gasteiger partial charge on any atom is -0.383 e. The average molecular weight is 421 g/mol. The van der Waals surface area contributed by atoms with Crippen molar-refractivity contribution in [2.45, 2.75) is 23.0 Å². The maximum absolute atomic E-state index is 12.7. The number of carbonyl (C=O) groups is 2. The van der Waals surface area contributed by atoms with Crippen LogP contribution < -0.4 is 16.6 Å². The molecule has 0 saturated heterocycles. The Balaban J connectivity index is 1.69. The van der Waals surface area contributed by atoms with Crippen molar-refractivity contribution >= 4 is 41.0 Å². The standard InChI is InChI=1S/C18H20N4O4S2/c1-26-8-7-22-17(25)15-13(6-9-27-15)21-18(22)28-10-14(23)20-12-4-2-11(3-5-12)16(19)24/h2-5H,6-10H2,1H3,(H2,19,24)(H,20,23). The number of carbonyl (C=O) groups excluding carboxylic acids is 2. The molecular formula is C18H20N4O4S2. The van der Waals surface area contributed by atoms with Crippen LogP contribution in [0.25, 0.3) is 0 Å². The van der Waals surface area contributed by atoms with Gasteiger partial charge in [-0.2, -0.15) is 0 Å². The number of anilines is 1. The number of fused-ring (bicyclic) bond motifs is 1. The predicted octanol–water partition coefficient (Wildman–Crippen LogP) is 1.37. The zero-order chi connectivity index (χ0) is 20.1. The van der Waals surface area contributed by atoms with Crippen LogP contribution in [0.4, 0.5) is 5.69 Å². The topological polar surface area (TPSA) is 116 Å². The number of methoxy groups -OCH3 is 1. The number of aromatic nitrogens is 2. The van der Waals surface area contributed by atoms with E-state index in [0.717, 1.165) is 17.9 Å². The summed E-state index contributed by atoms with van der Waals surface area (Å²) in [5, 5.41) is 3.27. The Morgan fingerprint density at radius 2 is 2.11 bits per heavy atom. The van der Waals surface area contributed by atoms with Crippen LogP contribution in [0.2, 0.25) is 0 Å². The summed E-state index contributed by atoms with van der Waals surface area (Å²) in [5.74, 6) is 0.184. The van der Waals surface area contributed by atoms with E-state index in [1.165, 1.54) is 23.5 Å². The van der Waals surface area contributed by atoms with Gasteiger partial charge < -0.3 is 15.8 Å². The molecule has 0 spiro atoms. The van der Waals surface area contributed by atoms with Crippen molar-refractivity contribution in [2.24, 2.45) is 5.73 Å². The van der Waals surface area contributed by atoms with Gasteiger partial charge >= 0.3 is 0 Å². The lowest BCUT2D eigenvalue weighted by molar-refractivity contribution is -0.113. The van der Waals surface area contributed by atoms with E-state index in [1.807, 2.05) is 0 Å². The maximum Gasteiger partial charge on any atom is 0.268 e. The molecule has 0 atom stereocenters. The van der Waals surface area contributed by atoms with Gasteiger partial charge in [-0.15, -0.1) is 11.8 Å². The van der Waals surface area contributed by atoms with Gasteiger partial charge in [0.2, 0.25) is 11.8 Å². The zero-order valence-corrected chi connectivity index (χ0v) is 16.9. The first kappa shape index (κ1) is 20.4. The zero-order valence-electron chi connectivity index (χ0n) is 15.3. The fraction of sp³-hybridized carbons (Fsp3) is 0.333. The molecule has 1 aromatic heterocycles. The lowest BCUT2D eigenvalue weighted by atomic mass is 10.2. The van der Waals surface area contributed by atoms with E-state index in [0.29, 0.717) is 34.5 Å². The fourth-order valence-electron chi connectivity index (χ4n) is 2.66. The summed E-state index contributed by atoms with van der Waals surface area (Å²) in [6.07, 6.45) is 0.756. The van der Waals surface area contributed by atoms with E-state index in [9.17, 15) is 14.4 Å². The molecule has 0 aliphatic carbocycles. The Labute approximate surface area is 170 Å². The minimum atomic E-state index is -0.525. The molecule has 28 heavy (non-hydrogen) atoms. The minimum absolute atomic E-state index is 0.0745. The lowest BCUT2D eigenvalue weighted by Gasteiger charge is -2.13. The average Bonchev–Trinajstić information content (AvgIpc) is 3.15. The van der Waals surface area contributed by atoms with Gasteiger partial charge in [0.15, 0.2) is 5.16 Å². The molecule has 3 rings (SSSR count). The second-order valence-corrected chi connectivity index (χ2v) is 8.04. The Kier molecular flexibility index (Phi) is 6.76. The van der Waals surface area contributed by atoms with Crippen molar-refractivity contribution in [1.82, 2.24) is 9.55 Å². The van der Waals surface area contributed by atoms with Gasteiger partial charge in [-0.05, 0) is 24.3 Å². The van der Waals surface area contributed by atoms with Gasteiger partial charge in [0, 0.05) is 30.5 Å². The summed E-state index contributed by atoms with van der Waals surface area (Å²) >= 11 is 2.74. The van der Waals surface area contributed by atoms with Crippen LogP contribution in [0.3, 0.4) is 0 Å². The largest absolute Gasteiger partial charge is 0.383 e. The molecule has 3 N–H and O–H groups in total. The number of nitrogens with one attached hydrogen (secondary N) is 1. The summed E-state index contributed by atoms with van der Waals surface area (Å²) in [7, 11) is 1.57. The van der Waals surface area contributed by atoms with Gasteiger partial charge in [0.1, 0.15) is 0 Å². The molecule has 148 valence electrons. The number of primary amides is 1. The number of rotatable bonds is 8. The van der Waals surface area contributed by atoms with Gasteiger partial charge in [0.05, 0.1) is 29.5 Å². The summed E-state index contributed by atoms with van der Waals surface area (Å²) in [6, 6.07) is 6.32. The van der Waals surface area contributed by atoms with E-state index >= 15 is 0 Å². The molecule has 0 unspecified atom stereocenters. The van der Waals surface area contributed by atoms with Crippen molar-refractivity contribution in [3.05, 3.63) is 45.9 Å². The molecule has 0 fully saturated rings. The third-order valence-electron chi connectivity index (χ3n) is 4.05. The summed E-state index contributed by atoms with van der Waals surface area (Å²) in [4.78, 5) is 41.4. The SMILES string of the molecule is COCCn1c(SCC(=O)Nc2ccc(C(N)=O)cc2)nc2c(c1=O)SCC2. The van der Waals surface area contributed by atoms with Crippen LogP contribution in [0.5, 0.6) is 0 Å². The second-order valence-electron chi connectivity index (χ2n) is 6.00. The normalized spacial score (nSPS) is 12.6. The summed E-state index contributed by atoms with van der Waals surface area (Å²) in [6.45, 7) is 0.770. The third kappa shape index (κ3) is 4.75. The molecule has 1 aliphatic heterocycles. The van der Waals surface area contributed by atoms with Gasteiger partial charge in [-0.3, -0.25) is 19.0 Å². The van der Waals surface area contributed by atoms with Crippen LogP contribution in [-0.4, -0.2) is 46.6 Å². The van der Waals surface area contributed by atoms with E-state index in [-0.39, 0.29) is 17.2 Å². The number of thioether (sulfide) groups is 2. The van der Waals surface area contributed by atoms with Crippen LogP contribution in [0.1, 0.15) is 16.1 Å². The van der Waals surface area contributed by atoms with E-state index in [1.54, 1.807) is 35.9 Å². The first-order chi connectivity index (χ1) is 13.5. The smallest absolute Gasteiger partial charge is 0.268 e. The van der Waals surface area contributed by atoms with E-state index in [4.69, 9.17) is 10.5 Å². The Morgan fingerprint density at radius 3 is 2.79 bits per heavy atom. The molecule has 0 saturated carbocycles. The number of hydrogen-bond acceptors (Lipinski definition) is 7. The Hall–Kier alpha value is -2.30. The van der Waals surface area contributed by atoms with Crippen molar-refractivity contribution in [1.29, 1.82) is 0 Å². The molecule has 1 aromatic carbocycles. The molecular weight excluding hydrogens is 400 g/mol. The molecule has 2 heterocycles. The number of nitrogens with zero attached hydrogens (tertiary/aromatic N) is 2. The number of aryl methyl sites for hydroxylation is 1. The van der Waals surface area contributed by atoms with Gasteiger partial charge in [-0.25, -0.2) is 4.98 Å². The monoisotopic (exact) mass is 420 g/mol. The number of hydrogen-bond donors (Lipinski definition) is 2. The van der Waals surface area contributed by atoms with Gasteiger partial charge in [-0.1, -0.05) is 11.8 Å². The first-order valence-electron chi connectivity index (χ1n) is 8.57. The van der Waals surface area contributed by atoms with Crippen molar-refractivity contribution in [3.8, 4) is 0 Å². The molecule has 0 radical (unpaired) electrons. The Morgan fingerprint density at radius 1 is 1.36 bits per heavy atom. The molecule has 2 aromatic rings. The number of benzene rings is 1. The highest BCUT2D eigenvalue weighted by molar-refractivity contribution is 8.00. The van der Waals surface area contributed by atoms with Crippen molar-refractivity contribution < 1.29 is 14.3 Å². The van der Waals surface area contributed by atoms with E-state index < -0.39 is 5.91 Å². The first-order valence-corrected chi connectivity index (χ1v) is 10.5. The highest BCUT2D eigenvalue weighted by atomic mass is 32.2. The van der Waals surface area contributed by atoms with E-state index in [2.05, 4.69) is 10.3 Å². The number of amides is 2. The summed E-state index contributed by atoms with van der Waals surface area (Å²) < 4.78 is 6.66. The predicted molar refractivity (Wildman–Crippen MR) is 109 cm³/mol. The fourth-order valence-corrected chi connectivity index (χ4v) is 4.54. The quantitative estimate of drug-likeness (QED) is 0.489. The highest BCUT2D eigenvalue weighted by Gasteiger charge is 2.22. The highest BCUT2D eigenvalue weighted by Crippen LogP contribution is 2.28.